The molecule has 0 aromatic rings. The van der Waals surface area contributed by atoms with Crippen molar-refractivity contribution in [1.82, 2.24) is 0 Å². The van der Waals surface area contributed by atoms with Gasteiger partial charge in [0.05, 0.1) is 20.3 Å². The molecule has 0 aromatic carbocycles. The van der Waals surface area contributed by atoms with Crippen LogP contribution in [0.2, 0.25) is 0 Å². The lowest BCUT2D eigenvalue weighted by Gasteiger charge is -2.22. The second-order valence-electron chi connectivity index (χ2n) is 2.73. The van der Waals surface area contributed by atoms with E-state index in [9.17, 15) is 0 Å². The summed E-state index contributed by atoms with van der Waals surface area (Å²) in [6, 6.07) is 0. The van der Waals surface area contributed by atoms with Gasteiger partial charge in [-0.2, -0.15) is 0 Å². The van der Waals surface area contributed by atoms with Gasteiger partial charge in [0.1, 0.15) is 6.54 Å². The second-order valence-corrected chi connectivity index (χ2v) is 2.73. The number of hydrogen-bond donors (Lipinski definition) is 0. The molecule has 0 N–H and O–H groups in total. The average Bonchev–Trinajstić information content (AvgIpc) is 1.64. The van der Waals surface area contributed by atoms with E-state index in [4.69, 9.17) is 0 Å². The smallest absolute Gasteiger partial charge is 0.101 e. The molecule has 0 bridgehead atoms. The van der Waals surface area contributed by atoms with E-state index in [1.807, 2.05) is 13.0 Å². The van der Waals surface area contributed by atoms with Crippen molar-refractivity contribution >= 4 is 0 Å². The monoisotopic (exact) mass is 126 g/mol. The first-order valence-electron chi connectivity index (χ1n) is 3.20. The molecule has 0 amide bonds. The van der Waals surface area contributed by atoms with Gasteiger partial charge in [0.2, 0.25) is 0 Å². The van der Waals surface area contributed by atoms with E-state index in [1.54, 1.807) is 0 Å². The van der Waals surface area contributed by atoms with E-state index in [2.05, 4.69) is 33.0 Å². The fraction of sp³-hybridized carbons (Fsp3) is 0.500. The molecule has 0 rings (SSSR count). The lowest BCUT2D eigenvalue weighted by Crippen LogP contribution is -2.32. The third-order valence-electron chi connectivity index (χ3n) is 1.15. The fourth-order valence-electron chi connectivity index (χ4n) is 0.797. The largest absolute Gasteiger partial charge is 0.299 e. The number of likely N-dealkylation sites (N-methyl/N-ethyl adjacent to an activating group) is 1. The lowest BCUT2D eigenvalue weighted by atomic mass is 10.4. The molecule has 0 atom stereocenters. The molecule has 0 saturated heterocycles. The van der Waals surface area contributed by atoms with Crippen LogP contribution in [0.25, 0.3) is 0 Å². The Balaban J connectivity index is 3.84. The van der Waals surface area contributed by atoms with Crippen LogP contribution in [-0.2, 0) is 0 Å². The van der Waals surface area contributed by atoms with E-state index in [0.29, 0.717) is 0 Å². The second kappa shape index (κ2) is 3.46. The number of nitrogens with zero attached hydrogens (tertiary/aromatic N) is 1. The maximum Gasteiger partial charge on any atom is 0.101 e. The number of rotatable bonds is 3. The van der Waals surface area contributed by atoms with E-state index in [-0.39, 0.29) is 0 Å². The Bertz CT molecular complexity index is 112. The summed E-state index contributed by atoms with van der Waals surface area (Å²) in [6.07, 6.45) is 6.13. The highest BCUT2D eigenvalue weighted by molar-refractivity contribution is 4.71. The zero-order valence-corrected chi connectivity index (χ0v) is 6.59. The van der Waals surface area contributed by atoms with Crippen LogP contribution in [0.3, 0.4) is 0 Å². The maximum absolute atomic E-state index is 3.68. The van der Waals surface area contributed by atoms with Crippen LogP contribution < -0.4 is 0 Å². The minimum Gasteiger partial charge on any atom is -0.299 e. The first kappa shape index (κ1) is 8.44. The van der Waals surface area contributed by atoms with Gasteiger partial charge in [-0.25, -0.2) is 0 Å². The molecular formula is C8H16N+. The van der Waals surface area contributed by atoms with Crippen molar-refractivity contribution in [2.45, 2.75) is 6.92 Å². The van der Waals surface area contributed by atoms with Crippen molar-refractivity contribution in [2.75, 3.05) is 20.6 Å². The minimum absolute atomic E-state index is 0.889. The molecule has 0 heterocycles. The van der Waals surface area contributed by atoms with Gasteiger partial charge < -0.3 is 0 Å². The van der Waals surface area contributed by atoms with Gasteiger partial charge in [-0.05, 0) is 19.1 Å². The average molecular weight is 126 g/mol. The molecule has 0 fully saturated rings. The van der Waals surface area contributed by atoms with Crippen molar-refractivity contribution < 1.29 is 4.48 Å². The number of quaternary nitrogens is 1. The van der Waals surface area contributed by atoms with E-state index >= 15 is 0 Å². The molecule has 1 heteroatoms. The van der Waals surface area contributed by atoms with E-state index in [0.717, 1.165) is 11.0 Å². The summed E-state index contributed by atoms with van der Waals surface area (Å²) in [6.45, 7) is 6.70. The Labute approximate surface area is 57.9 Å². The van der Waals surface area contributed by atoms with Gasteiger partial charge in [0.15, 0.2) is 0 Å². The minimum atomic E-state index is 0.889. The van der Waals surface area contributed by atoms with Crippen LogP contribution in [0.5, 0.6) is 0 Å². The Morgan fingerprint density at radius 1 is 1.44 bits per heavy atom. The lowest BCUT2D eigenvalue weighted by molar-refractivity contribution is -0.832. The summed E-state index contributed by atoms with van der Waals surface area (Å²) in [4.78, 5) is 0. The van der Waals surface area contributed by atoms with Gasteiger partial charge in [-0.1, -0.05) is 6.58 Å². The fourth-order valence-corrected chi connectivity index (χ4v) is 0.797. The van der Waals surface area contributed by atoms with Crippen LogP contribution in [-0.4, -0.2) is 25.1 Å². The normalized spacial score (nSPS) is 12.3. The number of allylic oxidation sites excluding steroid dienone is 1. The predicted octanol–water partition coefficient (Wildman–Crippen LogP) is 1.78. The summed E-state index contributed by atoms with van der Waals surface area (Å²) < 4.78 is 0.889. The zero-order chi connectivity index (χ0) is 7.33. The van der Waals surface area contributed by atoms with Crippen molar-refractivity contribution in [3.05, 3.63) is 24.9 Å². The molecule has 0 radical (unpaired) electrons. The Morgan fingerprint density at radius 3 is 2.33 bits per heavy atom. The third kappa shape index (κ3) is 3.98. The number of hydrogen-bond acceptors (Lipinski definition) is 0. The molecule has 0 aliphatic heterocycles. The molecule has 52 valence electrons. The van der Waals surface area contributed by atoms with Crippen LogP contribution in [0, 0.1) is 0 Å². The highest BCUT2D eigenvalue weighted by atomic mass is 15.3. The molecule has 0 spiro atoms. The van der Waals surface area contributed by atoms with E-state index in [1.165, 1.54) is 0 Å². The molecule has 1 nitrogen and oxygen atoms in total. The first-order chi connectivity index (χ1) is 4.12. The van der Waals surface area contributed by atoms with Gasteiger partial charge in [0, 0.05) is 0 Å². The van der Waals surface area contributed by atoms with Crippen LogP contribution in [0.15, 0.2) is 24.9 Å². The molecule has 0 aliphatic rings. The van der Waals surface area contributed by atoms with Gasteiger partial charge in [-0.3, -0.25) is 4.48 Å². The molecular weight excluding hydrogens is 110 g/mol. The molecule has 0 saturated carbocycles. The quantitative estimate of drug-likeness (QED) is 0.399. The standard InChI is InChI=1S/C8H16N/c1-5-7-9(3,4)8-6-2/h5-6,8H,1,7H2,2-4H3/q+1/b8-6-. The molecule has 0 aliphatic carbocycles. The SMILES string of the molecule is C=CC[N+](C)(C)/C=C\C. The van der Waals surface area contributed by atoms with Crippen molar-refractivity contribution in [2.24, 2.45) is 0 Å². The van der Waals surface area contributed by atoms with E-state index < -0.39 is 0 Å². The van der Waals surface area contributed by atoms with Gasteiger partial charge in [0.25, 0.3) is 0 Å². The summed E-state index contributed by atoms with van der Waals surface area (Å²) in [5, 5.41) is 0. The van der Waals surface area contributed by atoms with Gasteiger partial charge >= 0.3 is 0 Å². The summed E-state index contributed by atoms with van der Waals surface area (Å²) >= 11 is 0. The predicted molar refractivity (Wildman–Crippen MR) is 42.0 cm³/mol. The molecule has 0 unspecified atom stereocenters. The Morgan fingerprint density at radius 2 is 2.00 bits per heavy atom. The third-order valence-corrected chi connectivity index (χ3v) is 1.15. The summed E-state index contributed by atoms with van der Waals surface area (Å²) in [5.74, 6) is 0. The van der Waals surface area contributed by atoms with Crippen molar-refractivity contribution in [3.63, 3.8) is 0 Å². The van der Waals surface area contributed by atoms with Gasteiger partial charge in [-0.15, -0.1) is 0 Å². The topological polar surface area (TPSA) is 0 Å². The highest BCUT2D eigenvalue weighted by Gasteiger charge is 2.05. The molecule has 9 heavy (non-hydrogen) atoms. The maximum atomic E-state index is 3.68. The van der Waals surface area contributed by atoms with Crippen molar-refractivity contribution in [3.8, 4) is 0 Å². The molecule has 0 aromatic heterocycles. The Kier molecular flexibility index (Phi) is 3.25. The highest BCUT2D eigenvalue weighted by Crippen LogP contribution is 1.96. The Hall–Kier alpha value is -0.560. The van der Waals surface area contributed by atoms with Crippen LogP contribution in [0.4, 0.5) is 0 Å². The van der Waals surface area contributed by atoms with Crippen LogP contribution in [0.1, 0.15) is 6.92 Å². The van der Waals surface area contributed by atoms with Crippen molar-refractivity contribution in [1.29, 1.82) is 0 Å². The summed E-state index contributed by atoms with van der Waals surface area (Å²) in [5.41, 5.74) is 0. The zero-order valence-electron chi connectivity index (χ0n) is 6.59. The van der Waals surface area contributed by atoms with Crippen LogP contribution >= 0.6 is 0 Å². The first-order valence-corrected chi connectivity index (χ1v) is 3.20. The summed E-state index contributed by atoms with van der Waals surface area (Å²) in [7, 11) is 4.28.